The van der Waals surface area contributed by atoms with Gasteiger partial charge in [0, 0.05) is 0 Å². The van der Waals surface area contributed by atoms with Crippen LogP contribution in [0.5, 0.6) is 0 Å². The smallest absolute Gasteiger partial charge is 0.168 e. The highest BCUT2D eigenvalue weighted by atomic mass is 28.2. The highest BCUT2D eigenvalue weighted by Gasteiger charge is 2.22. The third-order valence-corrected chi connectivity index (χ3v) is 4.19. The monoisotopic (exact) mass is 170 g/mol. The Morgan fingerprint density at radius 2 is 2.09 bits per heavy atom. The Kier molecular flexibility index (Phi) is 4.47. The molecule has 0 radical (unpaired) electrons. The van der Waals surface area contributed by atoms with Gasteiger partial charge in [-0.2, -0.15) is 0 Å². The lowest BCUT2D eigenvalue weighted by atomic mass is 9.99. The van der Waals surface area contributed by atoms with Crippen molar-refractivity contribution in [3.8, 4) is 12.3 Å². The minimum atomic E-state index is -0.462. The van der Waals surface area contributed by atoms with E-state index in [4.69, 9.17) is 10.8 Å². The van der Waals surface area contributed by atoms with Crippen molar-refractivity contribution in [1.29, 1.82) is 0 Å². The molecular formula is C9H18OSi. The van der Waals surface area contributed by atoms with Crippen molar-refractivity contribution in [2.24, 2.45) is 5.92 Å². The normalized spacial score (nSPS) is 12.7. The van der Waals surface area contributed by atoms with Crippen LogP contribution in [0.1, 0.15) is 27.7 Å². The van der Waals surface area contributed by atoms with E-state index >= 15 is 0 Å². The molecule has 64 valence electrons. The van der Waals surface area contributed by atoms with Crippen LogP contribution in [0.25, 0.3) is 0 Å². The van der Waals surface area contributed by atoms with Crippen LogP contribution in [0, 0.1) is 18.3 Å². The number of rotatable bonds is 4. The number of hydrogen-bond acceptors (Lipinski definition) is 1. The molecule has 0 N–H and O–H groups in total. The Morgan fingerprint density at radius 1 is 1.55 bits per heavy atom. The Hall–Kier alpha value is -0.263. The molecule has 0 saturated carbocycles. The van der Waals surface area contributed by atoms with Crippen molar-refractivity contribution in [2.75, 3.05) is 6.61 Å². The second-order valence-corrected chi connectivity index (χ2v) is 6.36. The SMILES string of the molecule is C#CCO[SiH2]C(C)(C)C(C)C. The van der Waals surface area contributed by atoms with Crippen LogP contribution in [-0.2, 0) is 4.43 Å². The maximum atomic E-state index is 5.41. The molecule has 0 atom stereocenters. The van der Waals surface area contributed by atoms with Crippen molar-refractivity contribution in [1.82, 2.24) is 0 Å². The summed E-state index contributed by atoms with van der Waals surface area (Å²) in [7, 11) is -0.462. The molecule has 0 aromatic rings. The fourth-order valence-corrected chi connectivity index (χ4v) is 1.62. The first-order valence-electron chi connectivity index (χ1n) is 4.02. The van der Waals surface area contributed by atoms with Crippen molar-refractivity contribution < 1.29 is 4.43 Å². The van der Waals surface area contributed by atoms with Gasteiger partial charge in [0.1, 0.15) is 0 Å². The Labute approximate surface area is 72.5 Å². The van der Waals surface area contributed by atoms with Gasteiger partial charge >= 0.3 is 0 Å². The number of hydrogen-bond donors (Lipinski definition) is 0. The molecule has 0 unspecified atom stereocenters. The quantitative estimate of drug-likeness (QED) is 0.353. The van der Waals surface area contributed by atoms with Gasteiger partial charge in [0.2, 0.25) is 0 Å². The summed E-state index contributed by atoms with van der Waals surface area (Å²) in [6.45, 7) is 9.45. The van der Waals surface area contributed by atoms with E-state index < -0.39 is 9.76 Å². The van der Waals surface area contributed by atoms with Crippen molar-refractivity contribution in [2.45, 2.75) is 32.7 Å². The molecule has 11 heavy (non-hydrogen) atoms. The maximum absolute atomic E-state index is 5.41. The standard InChI is InChI=1S/C9H18OSi/c1-6-7-10-11-9(4,5)8(2)3/h1,8H,7,11H2,2-5H3. The van der Waals surface area contributed by atoms with Gasteiger partial charge in [-0.1, -0.05) is 33.6 Å². The van der Waals surface area contributed by atoms with Gasteiger partial charge in [0.15, 0.2) is 9.76 Å². The molecule has 0 spiro atoms. The van der Waals surface area contributed by atoms with Gasteiger partial charge < -0.3 is 4.43 Å². The summed E-state index contributed by atoms with van der Waals surface area (Å²) in [4.78, 5) is 0. The average molecular weight is 170 g/mol. The Bertz CT molecular complexity index is 144. The summed E-state index contributed by atoms with van der Waals surface area (Å²) in [5.41, 5.74) is 0. The highest BCUT2D eigenvalue weighted by Crippen LogP contribution is 2.32. The van der Waals surface area contributed by atoms with E-state index in [1.807, 2.05) is 0 Å². The molecule has 0 fully saturated rings. The predicted molar refractivity (Wildman–Crippen MR) is 52.2 cm³/mol. The Morgan fingerprint density at radius 3 is 2.45 bits per heavy atom. The predicted octanol–water partition coefficient (Wildman–Crippen LogP) is 1.57. The summed E-state index contributed by atoms with van der Waals surface area (Å²) in [5, 5.41) is 0.372. The molecular weight excluding hydrogens is 152 g/mol. The van der Waals surface area contributed by atoms with Crippen LogP contribution in [0.15, 0.2) is 0 Å². The fraction of sp³-hybridized carbons (Fsp3) is 0.778. The largest absolute Gasteiger partial charge is 0.413 e. The first-order valence-corrected chi connectivity index (χ1v) is 5.30. The molecule has 0 aliphatic heterocycles. The van der Waals surface area contributed by atoms with Crippen molar-refractivity contribution in [3.63, 3.8) is 0 Å². The van der Waals surface area contributed by atoms with E-state index in [2.05, 4.69) is 33.6 Å². The zero-order valence-electron chi connectivity index (χ0n) is 7.98. The molecule has 0 aromatic heterocycles. The average Bonchev–Trinajstić information content (AvgIpc) is 1.88. The lowest BCUT2D eigenvalue weighted by Gasteiger charge is -2.27. The van der Waals surface area contributed by atoms with E-state index in [1.54, 1.807) is 0 Å². The third kappa shape index (κ3) is 4.23. The van der Waals surface area contributed by atoms with Gasteiger partial charge in [-0.3, -0.25) is 0 Å². The first kappa shape index (κ1) is 10.7. The third-order valence-electron chi connectivity index (χ3n) is 2.22. The van der Waals surface area contributed by atoms with Crippen LogP contribution in [0.2, 0.25) is 5.04 Å². The molecule has 0 aliphatic carbocycles. The maximum Gasteiger partial charge on any atom is 0.168 e. The topological polar surface area (TPSA) is 9.23 Å². The molecule has 0 aromatic carbocycles. The molecule has 0 amide bonds. The molecule has 0 aliphatic rings. The van der Waals surface area contributed by atoms with Crippen molar-refractivity contribution >= 4 is 9.76 Å². The minimum Gasteiger partial charge on any atom is -0.413 e. The van der Waals surface area contributed by atoms with E-state index in [0.717, 1.165) is 0 Å². The van der Waals surface area contributed by atoms with E-state index in [0.29, 0.717) is 17.6 Å². The number of terminal acetylenes is 1. The first-order chi connectivity index (χ1) is 5.00. The summed E-state index contributed by atoms with van der Waals surface area (Å²) < 4.78 is 5.41. The van der Waals surface area contributed by atoms with Gasteiger partial charge in [0.05, 0.1) is 6.61 Å². The summed E-state index contributed by atoms with van der Waals surface area (Å²) in [6.07, 6.45) is 5.08. The van der Waals surface area contributed by atoms with Gasteiger partial charge in [0.25, 0.3) is 0 Å². The van der Waals surface area contributed by atoms with Crippen LogP contribution in [0.3, 0.4) is 0 Å². The lowest BCUT2D eigenvalue weighted by Crippen LogP contribution is -2.22. The molecule has 0 heterocycles. The van der Waals surface area contributed by atoms with Crippen molar-refractivity contribution in [3.05, 3.63) is 0 Å². The second kappa shape index (κ2) is 4.58. The molecule has 0 rings (SSSR count). The van der Waals surface area contributed by atoms with Crippen LogP contribution in [0.4, 0.5) is 0 Å². The van der Waals surface area contributed by atoms with Crippen LogP contribution in [-0.4, -0.2) is 16.4 Å². The van der Waals surface area contributed by atoms with E-state index in [9.17, 15) is 0 Å². The molecule has 0 saturated heterocycles. The van der Waals surface area contributed by atoms with E-state index in [-0.39, 0.29) is 0 Å². The molecule has 2 heteroatoms. The molecule has 0 bridgehead atoms. The van der Waals surface area contributed by atoms with Gasteiger partial charge in [-0.25, -0.2) is 0 Å². The summed E-state index contributed by atoms with van der Waals surface area (Å²) in [6, 6.07) is 0. The summed E-state index contributed by atoms with van der Waals surface area (Å²) >= 11 is 0. The molecule has 1 nitrogen and oxygen atoms in total. The zero-order chi connectivity index (χ0) is 8.91. The van der Waals surface area contributed by atoms with Gasteiger partial charge in [-0.15, -0.1) is 6.42 Å². The Balaban J connectivity index is 3.66. The fourth-order valence-electron chi connectivity index (χ4n) is 0.540. The van der Waals surface area contributed by atoms with E-state index in [1.165, 1.54) is 0 Å². The van der Waals surface area contributed by atoms with Crippen LogP contribution < -0.4 is 0 Å². The lowest BCUT2D eigenvalue weighted by molar-refractivity contribution is 0.341. The minimum absolute atomic E-state index is 0.372. The van der Waals surface area contributed by atoms with Gasteiger partial charge in [-0.05, 0) is 11.0 Å². The zero-order valence-corrected chi connectivity index (χ0v) is 9.39. The second-order valence-electron chi connectivity index (χ2n) is 3.84. The van der Waals surface area contributed by atoms with Crippen LogP contribution >= 0.6 is 0 Å². The summed E-state index contributed by atoms with van der Waals surface area (Å²) in [5.74, 6) is 3.18. The highest BCUT2D eigenvalue weighted by molar-refractivity contribution is 6.32.